The molecule has 0 bridgehead atoms. The maximum absolute atomic E-state index is 13.1. The van der Waals surface area contributed by atoms with E-state index in [9.17, 15) is 9.59 Å². The number of amides is 2. The number of halogens is 2. The largest absolute Gasteiger partial charge is 0.336 e. The number of rotatable bonds is 5. The summed E-state index contributed by atoms with van der Waals surface area (Å²) in [5.74, 6) is -0.592. The lowest BCUT2D eigenvalue weighted by molar-refractivity contribution is -0.116. The molecule has 0 fully saturated rings. The Morgan fingerprint density at radius 1 is 1.21 bits per heavy atom. The van der Waals surface area contributed by atoms with Crippen LogP contribution in [0.5, 0.6) is 0 Å². The molecule has 0 saturated heterocycles. The maximum Gasteiger partial charge on any atom is 0.259 e. The van der Waals surface area contributed by atoms with Gasteiger partial charge in [-0.05, 0) is 37.1 Å². The predicted molar refractivity (Wildman–Crippen MR) is 113 cm³/mol. The van der Waals surface area contributed by atoms with Crippen molar-refractivity contribution in [2.45, 2.75) is 26.7 Å². The van der Waals surface area contributed by atoms with E-state index in [2.05, 4.69) is 15.5 Å². The zero-order valence-corrected chi connectivity index (χ0v) is 17.9. The number of pyridine rings is 1. The van der Waals surface area contributed by atoms with Crippen LogP contribution in [0.4, 0.5) is 5.69 Å². The number of nitrogens with zero attached hydrogens (tertiary/aromatic N) is 3. The molecule has 1 aromatic carbocycles. The van der Waals surface area contributed by atoms with Crippen LogP contribution in [0.15, 0.2) is 28.8 Å². The normalized spacial score (nSPS) is 11.1. The highest BCUT2D eigenvalue weighted by Crippen LogP contribution is 2.27. The molecule has 3 rings (SSSR count). The van der Waals surface area contributed by atoms with Gasteiger partial charge in [0.2, 0.25) is 5.91 Å². The summed E-state index contributed by atoms with van der Waals surface area (Å²) in [6, 6.07) is 6.50. The van der Waals surface area contributed by atoms with Gasteiger partial charge in [-0.15, -0.1) is 0 Å². The number of carbonyl (C=O) groups excluding carboxylic acids is 2. The quantitative estimate of drug-likeness (QED) is 0.629. The summed E-state index contributed by atoms with van der Waals surface area (Å²) < 4.78 is 5.26. The highest BCUT2D eigenvalue weighted by atomic mass is 35.5. The molecular formula is C20H20Cl2N4O3. The number of fused-ring (bicyclic) bond motifs is 1. The van der Waals surface area contributed by atoms with E-state index >= 15 is 0 Å². The van der Waals surface area contributed by atoms with Gasteiger partial charge in [0.25, 0.3) is 11.6 Å². The van der Waals surface area contributed by atoms with Crippen LogP contribution in [0.25, 0.3) is 11.1 Å². The van der Waals surface area contributed by atoms with Crippen molar-refractivity contribution in [1.82, 2.24) is 15.0 Å². The molecule has 29 heavy (non-hydrogen) atoms. The lowest BCUT2D eigenvalue weighted by Crippen LogP contribution is -2.35. The smallest absolute Gasteiger partial charge is 0.259 e. The third kappa shape index (κ3) is 4.52. The number of carbonyl (C=O) groups is 2. The standard InChI is InChI=1S/C20H20Cl2N4O3/c1-10(2)16-8-13(18-11(3)25-29-19(18)24-16)20(28)26(4)9-17(27)23-12-5-6-14(21)15(22)7-12/h5-8,10H,9H2,1-4H3,(H,23,27). The summed E-state index contributed by atoms with van der Waals surface area (Å²) in [6.45, 7) is 5.54. The van der Waals surface area contributed by atoms with Crippen molar-refractivity contribution in [3.8, 4) is 0 Å². The monoisotopic (exact) mass is 434 g/mol. The summed E-state index contributed by atoms with van der Waals surface area (Å²) in [4.78, 5) is 31.2. The topological polar surface area (TPSA) is 88.3 Å². The molecule has 2 aromatic heterocycles. The highest BCUT2D eigenvalue weighted by molar-refractivity contribution is 6.42. The number of likely N-dealkylation sites (N-methyl/N-ethyl adjacent to an activating group) is 1. The van der Waals surface area contributed by atoms with Crippen molar-refractivity contribution in [3.63, 3.8) is 0 Å². The van der Waals surface area contributed by atoms with Gasteiger partial charge in [-0.25, -0.2) is 4.98 Å². The minimum Gasteiger partial charge on any atom is -0.336 e. The van der Waals surface area contributed by atoms with Gasteiger partial charge in [-0.3, -0.25) is 9.59 Å². The fourth-order valence-corrected chi connectivity index (χ4v) is 3.14. The Morgan fingerprint density at radius 2 is 1.93 bits per heavy atom. The van der Waals surface area contributed by atoms with Crippen LogP contribution in [-0.4, -0.2) is 40.4 Å². The van der Waals surface area contributed by atoms with Crippen LogP contribution in [0.1, 0.15) is 41.5 Å². The molecule has 3 aromatic rings. The highest BCUT2D eigenvalue weighted by Gasteiger charge is 2.23. The molecule has 0 atom stereocenters. The van der Waals surface area contributed by atoms with Crippen LogP contribution in [0, 0.1) is 6.92 Å². The van der Waals surface area contributed by atoms with Gasteiger partial charge >= 0.3 is 0 Å². The van der Waals surface area contributed by atoms with E-state index < -0.39 is 0 Å². The number of nitrogens with one attached hydrogen (secondary N) is 1. The summed E-state index contributed by atoms with van der Waals surface area (Å²) >= 11 is 11.8. The Bertz CT molecular complexity index is 1090. The van der Waals surface area contributed by atoms with E-state index in [1.165, 1.54) is 4.90 Å². The second kappa shape index (κ2) is 8.39. The zero-order chi connectivity index (χ0) is 21.3. The Kier molecular flexibility index (Phi) is 6.10. The van der Waals surface area contributed by atoms with Gasteiger partial charge in [0.15, 0.2) is 0 Å². The lowest BCUT2D eigenvalue weighted by atomic mass is 10.0. The fourth-order valence-electron chi connectivity index (χ4n) is 2.85. The number of benzene rings is 1. The third-order valence-electron chi connectivity index (χ3n) is 4.39. The van der Waals surface area contributed by atoms with Crippen LogP contribution >= 0.6 is 23.2 Å². The SMILES string of the molecule is Cc1noc2nc(C(C)C)cc(C(=O)N(C)CC(=O)Nc3ccc(Cl)c(Cl)c3)c12. The van der Waals surface area contributed by atoms with Crippen LogP contribution in [-0.2, 0) is 4.79 Å². The first-order valence-corrected chi connectivity index (χ1v) is 9.70. The van der Waals surface area contributed by atoms with Crippen molar-refractivity contribution >= 4 is 51.8 Å². The molecule has 0 aliphatic carbocycles. The van der Waals surface area contributed by atoms with Crippen molar-refractivity contribution in [2.75, 3.05) is 18.9 Å². The van der Waals surface area contributed by atoms with E-state index in [0.717, 1.165) is 0 Å². The van der Waals surface area contributed by atoms with Crippen LogP contribution < -0.4 is 5.32 Å². The Hall–Kier alpha value is -2.64. The lowest BCUT2D eigenvalue weighted by Gasteiger charge is -2.18. The Balaban J connectivity index is 1.81. The van der Waals surface area contributed by atoms with Crippen molar-refractivity contribution in [3.05, 3.63) is 51.3 Å². The Labute approximate surface area is 178 Å². The second-order valence-corrected chi connectivity index (χ2v) is 7.85. The van der Waals surface area contributed by atoms with E-state index in [-0.39, 0.29) is 24.3 Å². The van der Waals surface area contributed by atoms with E-state index in [1.807, 2.05) is 13.8 Å². The van der Waals surface area contributed by atoms with Gasteiger partial charge in [0.05, 0.1) is 33.2 Å². The molecular weight excluding hydrogens is 415 g/mol. The second-order valence-electron chi connectivity index (χ2n) is 7.04. The van der Waals surface area contributed by atoms with E-state index in [0.29, 0.717) is 43.8 Å². The van der Waals surface area contributed by atoms with Gasteiger partial charge < -0.3 is 14.7 Å². The molecule has 152 valence electrons. The van der Waals surface area contributed by atoms with Gasteiger partial charge in [0.1, 0.15) is 0 Å². The van der Waals surface area contributed by atoms with Gasteiger partial charge in [-0.2, -0.15) is 0 Å². The minimum absolute atomic E-state index is 0.0969. The molecule has 0 unspecified atom stereocenters. The molecule has 0 aliphatic heterocycles. The Morgan fingerprint density at radius 3 is 2.59 bits per heavy atom. The molecule has 2 heterocycles. The molecule has 0 aliphatic rings. The molecule has 9 heteroatoms. The maximum atomic E-state index is 13.1. The van der Waals surface area contributed by atoms with Gasteiger partial charge in [0, 0.05) is 18.4 Å². The first-order chi connectivity index (χ1) is 13.7. The molecule has 0 spiro atoms. The van der Waals surface area contributed by atoms with Crippen LogP contribution in [0.2, 0.25) is 10.0 Å². The summed E-state index contributed by atoms with van der Waals surface area (Å²) in [6.07, 6.45) is 0. The average Bonchev–Trinajstić information content (AvgIpc) is 3.04. The van der Waals surface area contributed by atoms with Crippen molar-refractivity contribution in [1.29, 1.82) is 0 Å². The predicted octanol–water partition coefficient (Wildman–Crippen LogP) is 4.67. The number of aryl methyl sites for hydroxylation is 1. The first kappa shape index (κ1) is 21.1. The summed E-state index contributed by atoms with van der Waals surface area (Å²) in [7, 11) is 1.56. The molecule has 7 nitrogen and oxygen atoms in total. The number of aromatic nitrogens is 2. The van der Waals surface area contributed by atoms with Crippen molar-refractivity contribution < 1.29 is 14.1 Å². The third-order valence-corrected chi connectivity index (χ3v) is 5.13. The van der Waals surface area contributed by atoms with E-state index in [1.54, 1.807) is 38.2 Å². The first-order valence-electron chi connectivity index (χ1n) is 8.94. The number of hydrogen-bond donors (Lipinski definition) is 1. The zero-order valence-electron chi connectivity index (χ0n) is 16.4. The minimum atomic E-state index is -0.365. The molecule has 1 N–H and O–H groups in total. The van der Waals surface area contributed by atoms with Gasteiger partial charge in [-0.1, -0.05) is 42.2 Å². The summed E-state index contributed by atoms with van der Waals surface area (Å²) in [5, 5.41) is 7.90. The molecule has 0 saturated carbocycles. The molecule has 0 radical (unpaired) electrons. The average molecular weight is 435 g/mol. The van der Waals surface area contributed by atoms with E-state index in [4.69, 9.17) is 27.7 Å². The number of hydrogen-bond acceptors (Lipinski definition) is 5. The summed E-state index contributed by atoms with van der Waals surface area (Å²) in [5.41, 5.74) is 2.49. The van der Waals surface area contributed by atoms with Crippen LogP contribution in [0.3, 0.4) is 0 Å². The van der Waals surface area contributed by atoms with Crippen molar-refractivity contribution in [2.24, 2.45) is 0 Å². The molecule has 2 amide bonds. The number of anilines is 1. The fraction of sp³-hybridized carbons (Fsp3) is 0.300.